The molecular formula is C18H19N3O3. The van der Waals surface area contributed by atoms with Crippen LogP contribution in [0.5, 0.6) is 5.75 Å². The van der Waals surface area contributed by atoms with Crippen molar-refractivity contribution < 1.29 is 14.6 Å². The normalized spacial score (nSPS) is 20.0. The van der Waals surface area contributed by atoms with E-state index in [0.717, 1.165) is 10.7 Å². The highest BCUT2D eigenvalue weighted by Gasteiger charge is 2.45. The quantitative estimate of drug-likeness (QED) is 0.937. The average Bonchev–Trinajstić information content (AvgIpc) is 3.00. The van der Waals surface area contributed by atoms with Crippen LogP contribution in [-0.4, -0.2) is 33.8 Å². The van der Waals surface area contributed by atoms with Crippen molar-refractivity contribution >= 4 is 11.6 Å². The minimum absolute atomic E-state index is 0.271. The van der Waals surface area contributed by atoms with E-state index in [1.165, 1.54) is 0 Å². The van der Waals surface area contributed by atoms with Crippen LogP contribution in [0.25, 0.3) is 0 Å². The molecule has 24 heavy (non-hydrogen) atoms. The van der Waals surface area contributed by atoms with Gasteiger partial charge in [0, 0.05) is 35.7 Å². The molecule has 0 spiro atoms. The second-order valence-corrected chi connectivity index (χ2v) is 5.60. The third-order valence-corrected chi connectivity index (χ3v) is 4.10. The molecule has 0 aliphatic carbocycles. The van der Waals surface area contributed by atoms with E-state index < -0.39 is 5.72 Å². The van der Waals surface area contributed by atoms with E-state index in [9.17, 15) is 9.90 Å². The van der Waals surface area contributed by atoms with E-state index >= 15 is 0 Å². The van der Waals surface area contributed by atoms with Gasteiger partial charge in [-0.15, -0.1) is 0 Å². The minimum atomic E-state index is -1.53. The van der Waals surface area contributed by atoms with Crippen molar-refractivity contribution in [3.63, 3.8) is 0 Å². The number of carbonyl (C=O) groups excluding carboxylic acids is 1. The number of amides is 1. The molecule has 1 aliphatic heterocycles. The molecule has 0 radical (unpaired) electrons. The molecule has 0 bridgehead atoms. The Bertz CT molecular complexity index is 776. The van der Waals surface area contributed by atoms with Crippen molar-refractivity contribution in [1.82, 2.24) is 9.99 Å². The van der Waals surface area contributed by atoms with Crippen LogP contribution in [0.3, 0.4) is 0 Å². The first-order chi connectivity index (χ1) is 11.6. The molecule has 6 nitrogen and oxygen atoms in total. The van der Waals surface area contributed by atoms with Gasteiger partial charge < -0.3 is 9.84 Å². The van der Waals surface area contributed by atoms with E-state index in [1.54, 1.807) is 55.9 Å². The number of hydrogen-bond acceptors (Lipinski definition) is 5. The number of aromatic nitrogens is 1. The molecule has 6 heteroatoms. The standard InChI is InChI=1S/C18H19N3O3/c1-3-15-12-18(23,14-5-4-6-16(11-14)24-2)21(20-15)17(22)13-7-9-19-10-8-13/h4-11,23H,3,12H2,1-2H3/t18-/m0/s1. The van der Waals surface area contributed by atoms with Gasteiger partial charge in [0.05, 0.1) is 7.11 Å². The summed E-state index contributed by atoms with van der Waals surface area (Å²) in [7, 11) is 1.56. The molecule has 1 aromatic carbocycles. The van der Waals surface area contributed by atoms with Crippen LogP contribution in [0.4, 0.5) is 0 Å². The Labute approximate surface area is 140 Å². The highest BCUT2D eigenvalue weighted by Crippen LogP contribution is 2.38. The van der Waals surface area contributed by atoms with Crippen LogP contribution >= 0.6 is 0 Å². The molecule has 1 aliphatic rings. The van der Waals surface area contributed by atoms with Crippen molar-refractivity contribution in [1.29, 1.82) is 0 Å². The lowest BCUT2D eigenvalue weighted by molar-refractivity contribution is -0.0766. The van der Waals surface area contributed by atoms with Gasteiger partial charge in [-0.3, -0.25) is 9.78 Å². The van der Waals surface area contributed by atoms with Crippen LogP contribution in [0.1, 0.15) is 35.7 Å². The lowest BCUT2D eigenvalue weighted by Crippen LogP contribution is -2.43. The predicted octanol–water partition coefficient (Wildman–Crippen LogP) is 2.55. The number of ether oxygens (including phenoxy) is 1. The van der Waals surface area contributed by atoms with Crippen molar-refractivity contribution in [2.75, 3.05) is 7.11 Å². The maximum atomic E-state index is 12.9. The Balaban J connectivity index is 2.03. The third-order valence-electron chi connectivity index (χ3n) is 4.10. The zero-order valence-corrected chi connectivity index (χ0v) is 13.6. The van der Waals surface area contributed by atoms with Gasteiger partial charge in [0.25, 0.3) is 5.91 Å². The van der Waals surface area contributed by atoms with Crippen LogP contribution in [-0.2, 0) is 5.72 Å². The molecule has 1 N–H and O–H groups in total. The third kappa shape index (κ3) is 2.76. The molecule has 0 saturated carbocycles. The molecule has 2 heterocycles. The number of benzene rings is 1. The molecule has 0 saturated heterocycles. The molecule has 124 valence electrons. The summed E-state index contributed by atoms with van der Waals surface area (Å²) in [5.41, 5.74) is 0.229. The second kappa shape index (κ2) is 6.41. The number of hydrazone groups is 1. The molecule has 0 fully saturated rings. The first-order valence-corrected chi connectivity index (χ1v) is 7.76. The molecule has 1 amide bonds. The van der Waals surface area contributed by atoms with E-state index in [2.05, 4.69) is 10.1 Å². The van der Waals surface area contributed by atoms with Gasteiger partial charge in [-0.2, -0.15) is 10.1 Å². The minimum Gasteiger partial charge on any atom is -0.497 e. The lowest BCUT2D eigenvalue weighted by atomic mass is 9.96. The first-order valence-electron chi connectivity index (χ1n) is 7.76. The lowest BCUT2D eigenvalue weighted by Gasteiger charge is -2.31. The van der Waals surface area contributed by atoms with Gasteiger partial charge in [-0.25, -0.2) is 0 Å². The molecule has 1 aromatic heterocycles. The van der Waals surface area contributed by atoms with E-state index in [-0.39, 0.29) is 12.3 Å². The zero-order valence-electron chi connectivity index (χ0n) is 13.6. The number of methoxy groups -OCH3 is 1. The summed E-state index contributed by atoms with van der Waals surface area (Å²) in [6, 6.07) is 10.3. The molecular weight excluding hydrogens is 306 g/mol. The summed E-state index contributed by atoms with van der Waals surface area (Å²) in [6.45, 7) is 1.95. The number of rotatable bonds is 4. The van der Waals surface area contributed by atoms with E-state index in [4.69, 9.17) is 4.74 Å². The topological polar surface area (TPSA) is 75.0 Å². The first kappa shape index (κ1) is 16.1. The predicted molar refractivity (Wildman–Crippen MR) is 89.6 cm³/mol. The molecule has 3 rings (SSSR count). The fraction of sp³-hybridized carbons (Fsp3) is 0.278. The van der Waals surface area contributed by atoms with Crippen molar-refractivity contribution in [3.05, 3.63) is 59.9 Å². The van der Waals surface area contributed by atoms with Crippen LogP contribution in [0.15, 0.2) is 53.9 Å². The van der Waals surface area contributed by atoms with Crippen LogP contribution in [0.2, 0.25) is 0 Å². The Morgan fingerprint density at radius 3 is 2.75 bits per heavy atom. The summed E-state index contributed by atoms with van der Waals surface area (Å²) < 4.78 is 5.23. The number of nitrogens with zero attached hydrogens (tertiary/aromatic N) is 3. The Hall–Kier alpha value is -2.73. The van der Waals surface area contributed by atoms with E-state index in [1.807, 2.05) is 6.92 Å². The maximum Gasteiger partial charge on any atom is 0.277 e. The molecule has 2 aromatic rings. The average molecular weight is 325 g/mol. The van der Waals surface area contributed by atoms with Crippen LogP contribution in [0, 0.1) is 0 Å². The number of carbonyl (C=O) groups is 1. The van der Waals surface area contributed by atoms with Gasteiger partial charge in [0.2, 0.25) is 0 Å². The highest BCUT2D eigenvalue weighted by molar-refractivity contribution is 5.98. The summed E-state index contributed by atoms with van der Waals surface area (Å²) >= 11 is 0. The van der Waals surface area contributed by atoms with Crippen LogP contribution < -0.4 is 4.74 Å². The summed E-state index contributed by atoms with van der Waals surface area (Å²) in [5.74, 6) is 0.244. The smallest absolute Gasteiger partial charge is 0.277 e. The van der Waals surface area contributed by atoms with E-state index in [0.29, 0.717) is 23.3 Å². The van der Waals surface area contributed by atoms with Gasteiger partial charge in [-0.1, -0.05) is 19.1 Å². The monoisotopic (exact) mass is 325 g/mol. The number of hydrogen-bond donors (Lipinski definition) is 1. The van der Waals surface area contributed by atoms with Crippen molar-refractivity contribution in [2.45, 2.75) is 25.5 Å². The fourth-order valence-electron chi connectivity index (χ4n) is 2.74. The van der Waals surface area contributed by atoms with Gasteiger partial charge in [-0.05, 0) is 30.7 Å². The fourth-order valence-corrected chi connectivity index (χ4v) is 2.74. The summed E-state index contributed by atoms with van der Waals surface area (Å²) in [6.07, 6.45) is 4.01. The Morgan fingerprint density at radius 1 is 1.33 bits per heavy atom. The zero-order chi connectivity index (χ0) is 17.2. The van der Waals surface area contributed by atoms with Gasteiger partial charge >= 0.3 is 0 Å². The summed E-state index contributed by atoms with van der Waals surface area (Å²) in [5, 5.41) is 16.8. The van der Waals surface area contributed by atoms with Gasteiger partial charge in [0.1, 0.15) is 5.75 Å². The number of pyridine rings is 1. The highest BCUT2D eigenvalue weighted by atomic mass is 16.5. The molecule has 1 atom stereocenters. The van der Waals surface area contributed by atoms with Crippen molar-refractivity contribution in [2.24, 2.45) is 5.10 Å². The number of aliphatic hydroxyl groups is 1. The second-order valence-electron chi connectivity index (χ2n) is 5.60. The maximum absolute atomic E-state index is 12.9. The Morgan fingerprint density at radius 2 is 2.08 bits per heavy atom. The largest absolute Gasteiger partial charge is 0.497 e. The van der Waals surface area contributed by atoms with Crippen molar-refractivity contribution in [3.8, 4) is 5.75 Å². The summed E-state index contributed by atoms with van der Waals surface area (Å²) in [4.78, 5) is 16.8. The molecule has 0 unspecified atom stereocenters. The SMILES string of the molecule is CCC1=NN(C(=O)c2ccncc2)[C@@](O)(c2cccc(OC)c2)C1. The Kier molecular flexibility index (Phi) is 4.31. The van der Waals surface area contributed by atoms with Gasteiger partial charge in [0.15, 0.2) is 5.72 Å².